The molecule has 1 saturated heterocycles. The number of hydrogen-bond donors (Lipinski definition) is 0. The summed E-state index contributed by atoms with van der Waals surface area (Å²) in [7, 11) is 0. The van der Waals surface area contributed by atoms with Crippen LogP contribution in [0.2, 0.25) is 0 Å². The summed E-state index contributed by atoms with van der Waals surface area (Å²) in [6.45, 7) is 16.8. The average molecular weight is 435 g/mol. The third kappa shape index (κ3) is 12.6. The van der Waals surface area contributed by atoms with Gasteiger partial charge in [-0.25, -0.2) is 4.79 Å². The van der Waals surface area contributed by atoms with Crippen LogP contribution in [0.15, 0.2) is 24.3 Å². The lowest BCUT2D eigenvalue weighted by Gasteiger charge is -2.35. The zero-order valence-corrected chi connectivity index (χ0v) is 19.3. The van der Waals surface area contributed by atoms with Crippen LogP contribution in [0.3, 0.4) is 0 Å². The topological polar surface area (TPSA) is 42.0 Å². The Morgan fingerprint density at radius 2 is 1.43 bits per heavy atom. The summed E-state index contributed by atoms with van der Waals surface area (Å²) in [4.78, 5) is 15.8. The number of hydrogen-bond acceptors (Lipinski definition) is 4. The lowest BCUT2D eigenvalue weighted by Crippen LogP contribution is -2.49. The second kappa shape index (κ2) is 13.4. The molecule has 5 nitrogen and oxygen atoms in total. The molecule has 0 spiro atoms. The van der Waals surface area contributed by atoms with Crippen LogP contribution in [-0.2, 0) is 11.3 Å². The summed E-state index contributed by atoms with van der Waals surface area (Å²) in [5.41, 5.74) is 0.370. The molecular formula is C22H37F3N2O3. The number of carbonyl (C=O) groups is 1. The molecule has 0 saturated carbocycles. The van der Waals surface area contributed by atoms with E-state index in [2.05, 4.69) is 23.5 Å². The molecule has 0 bridgehead atoms. The van der Waals surface area contributed by atoms with E-state index in [0.29, 0.717) is 32.7 Å². The minimum Gasteiger partial charge on any atom is -0.444 e. The number of carbonyl (C=O) groups excluding carboxylic acids is 1. The van der Waals surface area contributed by atoms with Crippen molar-refractivity contribution in [1.82, 2.24) is 9.80 Å². The normalized spacial score (nSPS) is 14.7. The van der Waals surface area contributed by atoms with Crippen LogP contribution in [0.1, 0.15) is 60.5 Å². The largest absolute Gasteiger partial charge is 0.573 e. The Balaban J connectivity index is 0.00000154. The van der Waals surface area contributed by atoms with Gasteiger partial charge in [-0.15, -0.1) is 13.2 Å². The molecule has 0 aliphatic carbocycles. The number of alkyl halides is 3. The summed E-state index contributed by atoms with van der Waals surface area (Å²) in [5, 5.41) is 0. The van der Waals surface area contributed by atoms with Crippen molar-refractivity contribution in [2.75, 3.05) is 26.2 Å². The Morgan fingerprint density at radius 1 is 0.967 bits per heavy atom. The fourth-order valence-electron chi connectivity index (χ4n) is 2.47. The second-order valence-corrected chi connectivity index (χ2v) is 7.64. The van der Waals surface area contributed by atoms with Crippen molar-refractivity contribution < 1.29 is 27.4 Å². The highest BCUT2D eigenvalue weighted by atomic mass is 19.4. The quantitative estimate of drug-likeness (QED) is 0.578. The van der Waals surface area contributed by atoms with Gasteiger partial charge >= 0.3 is 12.5 Å². The first-order valence-corrected chi connectivity index (χ1v) is 10.5. The van der Waals surface area contributed by atoms with E-state index in [-0.39, 0.29) is 11.8 Å². The summed E-state index contributed by atoms with van der Waals surface area (Å²) < 4.78 is 45.6. The maximum absolute atomic E-state index is 12.1. The lowest BCUT2D eigenvalue weighted by atomic mass is 10.2. The van der Waals surface area contributed by atoms with Crippen molar-refractivity contribution in [2.24, 2.45) is 0 Å². The molecule has 0 radical (unpaired) electrons. The molecule has 0 N–H and O–H groups in total. The van der Waals surface area contributed by atoms with Gasteiger partial charge in [-0.1, -0.05) is 46.2 Å². The summed E-state index contributed by atoms with van der Waals surface area (Å²) in [6, 6.07) is 5.84. The Bertz CT molecular complexity index is 591. The first kappa shape index (κ1) is 28.0. The maximum atomic E-state index is 12.1. The molecule has 1 heterocycles. The Hall–Kier alpha value is -1.96. The van der Waals surface area contributed by atoms with Gasteiger partial charge in [0.2, 0.25) is 0 Å². The molecule has 1 aliphatic rings. The highest BCUT2D eigenvalue weighted by Crippen LogP contribution is 2.23. The summed E-state index contributed by atoms with van der Waals surface area (Å²) in [5.74, 6) is -0.231. The standard InChI is InChI=1S/C17H23F3N2O3.C3H8.C2H6/c1-16(2,3)25-15(23)22-10-8-21(9-11-22)12-13-4-6-14(7-5-13)24-17(18,19)20;1-3-2;1-2/h4-7H,8-12H2,1-3H3;3H2,1-2H3;1-2H3. The Labute approximate surface area is 179 Å². The fourth-order valence-corrected chi connectivity index (χ4v) is 2.47. The van der Waals surface area contributed by atoms with Crippen molar-refractivity contribution in [2.45, 2.75) is 73.4 Å². The SMILES string of the molecule is CC.CC(C)(C)OC(=O)N1CCN(Cc2ccc(OC(F)(F)F)cc2)CC1.CCC. The predicted molar refractivity (Wildman–Crippen MR) is 114 cm³/mol. The van der Waals surface area contributed by atoms with Crippen LogP contribution in [0, 0.1) is 0 Å². The third-order valence-corrected chi connectivity index (χ3v) is 3.59. The first-order chi connectivity index (χ1) is 13.9. The second-order valence-electron chi connectivity index (χ2n) is 7.64. The number of rotatable bonds is 3. The van der Waals surface area contributed by atoms with E-state index in [4.69, 9.17) is 4.74 Å². The van der Waals surface area contributed by atoms with Crippen LogP contribution in [0.5, 0.6) is 5.75 Å². The molecule has 1 aromatic carbocycles. The molecule has 0 unspecified atom stereocenters. The minimum absolute atomic E-state index is 0.231. The number of piperazine rings is 1. The number of benzene rings is 1. The van der Waals surface area contributed by atoms with Crippen LogP contribution in [0.4, 0.5) is 18.0 Å². The van der Waals surface area contributed by atoms with Crippen molar-refractivity contribution in [1.29, 1.82) is 0 Å². The van der Waals surface area contributed by atoms with Gasteiger partial charge in [0, 0.05) is 32.7 Å². The van der Waals surface area contributed by atoms with E-state index in [1.54, 1.807) is 17.0 Å². The van der Waals surface area contributed by atoms with Crippen molar-refractivity contribution in [3.63, 3.8) is 0 Å². The minimum atomic E-state index is -4.68. The van der Waals surface area contributed by atoms with Crippen molar-refractivity contribution >= 4 is 6.09 Å². The molecule has 8 heteroatoms. The number of nitrogens with zero attached hydrogens (tertiary/aromatic N) is 2. The van der Waals surface area contributed by atoms with Gasteiger partial charge in [-0.05, 0) is 38.5 Å². The predicted octanol–water partition coefficient (Wildman–Crippen LogP) is 6.08. The van der Waals surface area contributed by atoms with Gasteiger partial charge in [0.15, 0.2) is 0 Å². The van der Waals surface area contributed by atoms with Gasteiger partial charge in [-0.2, -0.15) is 0 Å². The maximum Gasteiger partial charge on any atom is 0.573 e. The molecule has 0 aromatic heterocycles. The van der Waals surface area contributed by atoms with Gasteiger partial charge in [0.05, 0.1) is 0 Å². The highest BCUT2D eigenvalue weighted by molar-refractivity contribution is 5.68. The monoisotopic (exact) mass is 434 g/mol. The fraction of sp³-hybridized carbons (Fsp3) is 0.682. The van der Waals surface area contributed by atoms with Crippen LogP contribution in [0.25, 0.3) is 0 Å². The molecule has 1 amide bonds. The molecule has 0 atom stereocenters. The summed E-state index contributed by atoms with van der Waals surface area (Å²) >= 11 is 0. The highest BCUT2D eigenvalue weighted by Gasteiger charge is 2.31. The third-order valence-electron chi connectivity index (χ3n) is 3.59. The molecule has 30 heavy (non-hydrogen) atoms. The zero-order valence-electron chi connectivity index (χ0n) is 19.3. The van der Waals surface area contributed by atoms with Crippen molar-refractivity contribution in [3.8, 4) is 5.75 Å². The van der Waals surface area contributed by atoms with E-state index < -0.39 is 12.0 Å². The van der Waals surface area contributed by atoms with E-state index >= 15 is 0 Å². The summed E-state index contributed by atoms with van der Waals surface area (Å²) in [6.07, 6.45) is -3.75. The molecule has 2 rings (SSSR count). The van der Waals surface area contributed by atoms with Crippen LogP contribution < -0.4 is 4.74 Å². The smallest absolute Gasteiger partial charge is 0.444 e. The van der Waals surface area contributed by atoms with E-state index in [1.165, 1.54) is 18.6 Å². The van der Waals surface area contributed by atoms with Crippen LogP contribution >= 0.6 is 0 Å². The van der Waals surface area contributed by atoms with Gasteiger partial charge in [-0.3, -0.25) is 4.90 Å². The lowest BCUT2D eigenvalue weighted by molar-refractivity contribution is -0.274. The Morgan fingerprint density at radius 3 is 1.83 bits per heavy atom. The van der Waals surface area contributed by atoms with E-state index in [1.807, 2.05) is 34.6 Å². The average Bonchev–Trinajstić information content (AvgIpc) is 2.64. The number of ether oxygens (including phenoxy) is 2. The molecule has 1 aromatic rings. The number of amides is 1. The zero-order chi connectivity index (χ0) is 23.4. The van der Waals surface area contributed by atoms with Gasteiger partial charge < -0.3 is 14.4 Å². The molecule has 1 fully saturated rings. The first-order valence-electron chi connectivity index (χ1n) is 10.5. The van der Waals surface area contributed by atoms with E-state index in [0.717, 1.165) is 5.56 Å². The van der Waals surface area contributed by atoms with E-state index in [9.17, 15) is 18.0 Å². The van der Waals surface area contributed by atoms with Gasteiger partial charge in [0.25, 0.3) is 0 Å². The molecule has 174 valence electrons. The van der Waals surface area contributed by atoms with Crippen molar-refractivity contribution in [3.05, 3.63) is 29.8 Å². The van der Waals surface area contributed by atoms with Gasteiger partial charge in [0.1, 0.15) is 11.4 Å². The molecular weight excluding hydrogens is 397 g/mol. The Kier molecular flexibility index (Phi) is 12.5. The number of halogens is 3. The molecule has 1 aliphatic heterocycles. The van der Waals surface area contributed by atoms with Crippen LogP contribution in [-0.4, -0.2) is 54.0 Å².